The molecule has 0 aromatic heterocycles. The zero-order chi connectivity index (χ0) is 14.0. The van der Waals surface area contributed by atoms with Crippen LogP contribution in [0.1, 0.15) is 31.9 Å². The molecule has 19 heavy (non-hydrogen) atoms. The number of rotatable bonds is 3. The average Bonchev–Trinajstić information content (AvgIpc) is 2.75. The van der Waals surface area contributed by atoms with Crippen molar-refractivity contribution >= 4 is 29.1 Å². The quantitative estimate of drug-likeness (QED) is 0.900. The molecule has 1 aliphatic heterocycles. The summed E-state index contributed by atoms with van der Waals surface area (Å²) >= 11 is 12.0. The predicted molar refractivity (Wildman–Crippen MR) is 78.6 cm³/mol. The van der Waals surface area contributed by atoms with Crippen LogP contribution in [-0.4, -0.2) is 18.5 Å². The van der Waals surface area contributed by atoms with E-state index in [0.717, 1.165) is 18.5 Å². The van der Waals surface area contributed by atoms with E-state index in [1.165, 1.54) is 0 Å². The molecule has 0 saturated carbocycles. The van der Waals surface area contributed by atoms with E-state index >= 15 is 0 Å². The van der Waals surface area contributed by atoms with Crippen molar-refractivity contribution in [3.05, 3.63) is 33.8 Å². The molecule has 1 saturated heterocycles. The molecular formula is C14H18Cl2N2O. The summed E-state index contributed by atoms with van der Waals surface area (Å²) in [6.07, 6.45) is 1.04. The molecule has 1 aliphatic rings. The van der Waals surface area contributed by atoms with Crippen LogP contribution in [0.4, 0.5) is 0 Å². The van der Waals surface area contributed by atoms with Gasteiger partial charge in [0, 0.05) is 10.0 Å². The van der Waals surface area contributed by atoms with Crippen molar-refractivity contribution in [1.82, 2.24) is 10.6 Å². The molecule has 0 spiro atoms. The second-order valence-electron chi connectivity index (χ2n) is 5.09. The number of carbonyl (C=O) groups is 1. The standard InChI is InChI=1S/C14H18Cl2N2O/c1-8-5-6-17-13(8)14(19)18-9(2)11-4-3-10(15)7-12(11)16/h3-4,7-9,13,17H,5-6H2,1-2H3,(H,18,19). The molecule has 2 rings (SSSR count). The van der Waals surface area contributed by atoms with Crippen molar-refractivity contribution in [2.45, 2.75) is 32.4 Å². The van der Waals surface area contributed by atoms with E-state index in [1.807, 2.05) is 13.0 Å². The van der Waals surface area contributed by atoms with Gasteiger partial charge in [-0.3, -0.25) is 4.79 Å². The van der Waals surface area contributed by atoms with Crippen LogP contribution in [0.3, 0.4) is 0 Å². The van der Waals surface area contributed by atoms with Gasteiger partial charge in [0.25, 0.3) is 0 Å². The number of carbonyl (C=O) groups excluding carboxylic acids is 1. The molecule has 3 unspecified atom stereocenters. The number of halogens is 2. The van der Waals surface area contributed by atoms with Crippen LogP contribution in [0.2, 0.25) is 10.0 Å². The first-order valence-electron chi connectivity index (χ1n) is 6.47. The van der Waals surface area contributed by atoms with Gasteiger partial charge in [0.05, 0.1) is 12.1 Å². The molecule has 0 radical (unpaired) electrons. The Morgan fingerprint density at radius 1 is 1.47 bits per heavy atom. The minimum atomic E-state index is -0.133. The summed E-state index contributed by atoms with van der Waals surface area (Å²) in [6, 6.07) is 5.08. The van der Waals surface area contributed by atoms with Gasteiger partial charge in [0.15, 0.2) is 0 Å². The molecule has 5 heteroatoms. The molecule has 0 bridgehead atoms. The number of hydrogen-bond acceptors (Lipinski definition) is 2. The fourth-order valence-electron chi connectivity index (χ4n) is 2.42. The highest BCUT2D eigenvalue weighted by molar-refractivity contribution is 6.35. The molecule has 1 aromatic carbocycles. The molecule has 3 atom stereocenters. The fraction of sp³-hybridized carbons (Fsp3) is 0.500. The molecular weight excluding hydrogens is 283 g/mol. The van der Waals surface area contributed by atoms with Gasteiger partial charge >= 0.3 is 0 Å². The molecule has 1 amide bonds. The molecule has 1 aromatic rings. The van der Waals surface area contributed by atoms with Crippen LogP contribution in [0.5, 0.6) is 0 Å². The van der Waals surface area contributed by atoms with E-state index in [-0.39, 0.29) is 18.0 Å². The van der Waals surface area contributed by atoms with Gasteiger partial charge in [0.2, 0.25) is 5.91 Å². The average molecular weight is 301 g/mol. The van der Waals surface area contributed by atoms with Gasteiger partial charge in [-0.2, -0.15) is 0 Å². The van der Waals surface area contributed by atoms with E-state index < -0.39 is 0 Å². The highest BCUT2D eigenvalue weighted by atomic mass is 35.5. The van der Waals surface area contributed by atoms with E-state index in [9.17, 15) is 4.79 Å². The van der Waals surface area contributed by atoms with E-state index in [0.29, 0.717) is 16.0 Å². The summed E-state index contributed by atoms with van der Waals surface area (Å²) in [6.45, 7) is 4.91. The Balaban J connectivity index is 2.04. The molecule has 0 aliphatic carbocycles. The Bertz CT molecular complexity index is 479. The fourth-order valence-corrected chi connectivity index (χ4v) is 2.99. The second-order valence-corrected chi connectivity index (χ2v) is 5.94. The Labute approximate surface area is 123 Å². The third kappa shape index (κ3) is 3.41. The lowest BCUT2D eigenvalue weighted by Gasteiger charge is -2.20. The lowest BCUT2D eigenvalue weighted by atomic mass is 10.0. The Morgan fingerprint density at radius 2 is 2.21 bits per heavy atom. The first kappa shape index (κ1) is 14.6. The van der Waals surface area contributed by atoms with Crippen molar-refractivity contribution in [1.29, 1.82) is 0 Å². The van der Waals surface area contributed by atoms with Crippen molar-refractivity contribution in [3.8, 4) is 0 Å². The normalized spacial score (nSPS) is 24.2. The number of amides is 1. The highest BCUT2D eigenvalue weighted by Gasteiger charge is 2.30. The Morgan fingerprint density at radius 3 is 2.79 bits per heavy atom. The minimum Gasteiger partial charge on any atom is -0.348 e. The van der Waals surface area contributed by atoms with Crippen LogP contribution in [0, 0.1) is 5.92 Å². The molecule has 104 valence electrons. The van der Waals surface area contributed by atoms with Crippen LogP contribution >= 0.6 is 23.2 Å². The molecule has 2 N–H and O–H groups in total. The van der Waals surface area contributed by atoms with Crippen LogP contribution in [0.15, 0.2) is 18.2 Å². The molecule has 1 fully saturated rings. The van der Waals surface area contributed by atoms with Gasteiger partial charge in [-0.05, 0) is 43.5 Å². The summed E-state index contributed by atoms with van der Waals surface area (Å²) in [5.41, 5.74) is 0.880. The van der Waals surface area contributed by atoms with Gasteiger partial charge in [-0.1, -0.05) is 36.2 Å². The first-order valence-corrected chi connectivity index (χ1v) is 7.23. The van der Waals surface area contributed by atoms with Gasteiger partial charge < -0.3 is 10.6 Å². The van der Waals surface area contributed by atoms with E-state index in [1.54, 1.807) is 12.1 Å². The molecule has 1 heterocycles. The summed E-state index contributed by atoms with van der Waals surface area (Å²) in [7, 11) is 0. The summed E-state index contributed by atoms with van der Waals surface area (Å²) in [5.74, 6) is 0.399. The van der Waals surface area contributed by atoms with Crippen molar-refractivity contribution in [2.75, 3.05) is 6.54 Å². The first-order chi connectivity index (χ1) is 8.99. The van der Waals surface area contributed by atoms with E-state index in [4.69, 9.17) is 23.2 Å². The van der Waals surface area contributed by atoms with Crippen molar-refractivity contribution in [3.63, 3.8) is 0 Å². The SMILES string of the molecule is CC(NC(=O)C1NCCC1C)c1ccc(Cl)cc1Cl. The summed E-state index contributed by atoms with van der Waals surface area (Å²) in [5, 5.41) is 7.39. The lowest BCUT2D eigenvalue weighted by molar-refractivity contribution is -0.124. The van der Waals surface area contributed by atoms with Gasteiger partial charge in [-0.25, -0.2) is 0 Å². The largest absolute Gasteiger partial charge is 0.348 e. The van der Waals surface area contributed by atoms with Gasteiger partial charge in [-0.15, -0.1) is 0 Å². The monoisotopic (exact) mass is 300 g/mol. The Hall–Kier alpha value is -0.770. The predicted octanol–water partition coefficient (Wildman–Crippen LogP) is 3.17. The maximum atomic E-state index is 12.2. The zero-order valence-electron chi connectivity index (χ0n) is 11.0. The summed E-state index contributed by atoms with van der Waals surface area (Å²) in [4.78, 5) is 12.2. The van der Waals surface area contributed by atoms with Crippen LogP contribution in [0.25, 0.3) is 0 Å². The summed E-state index contributed by atoms with van der Waals surface area (Å²) < 4.78 is 0. The number of benzene rings is 1. The highest BCUT2D eigenvalue weighted by Crippen LogP contribution is 2.26. The van der Waals surface area contributed by atoms with Crippen LogP contribution in [-0.2, 0) is 4.79 Å². The maximum Gasteiger partial charge on any atom is 0.237 e. The maximum absolute atomic E-state index is 12.2. The Kier molecular flexibility index (Phi) is 4.71. The van der Waals surface area contributed by atoms with Crippen molar-refractivity contribution in [2.24, 2.45) is 5.92 Å². The topological polar surface area (TPSA) is 41.1 Å². The number of nitrogens with one attached hydrogen (secondary N) is 2. The van der Waals surface area contributed by atoms with Gasteiger partial charge in [0.1, 0.15) is 0 Å². The van der Waals surface area contributed by atoms with Crippen molar-refractivity contribution < 1.29 is 4.79 Å². The third-order valence-corrected chi connectivity index (χ3v) is 4.17. The third-order valence-electron chi connectivity index (χ3n) is 3.60. The second kappa shape index (κ2) is 6.12. The lowest BCUT2D eigenvalue weighted by Crippen LogP contribution is -2.44. The zero-order valence-corrected chi connectivity index (χ0v) is 12.6. The number of hydrogen-bond donors (Lipinski definition) is 2. The smallest absolute Gasteiger partial charge is 0.237 e. The molecule has 3 nitrogen and oxygen atoms in total. The van der Waals surface area contributed by atoms with E-state index in [2.05, 4.69) is 17.6 Å². The minimum absolute atomic E-state index is 0.0310. The van der Waals surface area contributed by atoms with Crippen LogP contribution < -0.4 is 10.6 Å².